The van der Waals surface area contributed by atoms with Gasteiger partial charge in [0, 0.05) is 6.54 Å². The maximum absolute atomic E-state index is 11.8. The molecule has 96 valence electrons. The second-order valence-electron chi connectivity index (χ2n) is 5.21. The number of benzene rings is 1. The number of fused-ring (bicyclic) bond motifs is 1. The number of hydrogen-bond acceptors (Lipinski definition) is 3. The van der Waals surface area contributed by atoms with Crippen LogP contribution < -0.4 is 10.6 Å². The van der Waals surface area contributed by atoms with E-state index in [2.05, 4.69) is 10.6 Å². The van der Waals surface area contributed by atoms with E-state index >= 15 is 0 Å². The van der Waals surface area contributed by atoms with Gasteiger partial charge in [-0.15, -0.1) is 0 Å². The van der Waals surface area contributed by atoms with E-state index in [0.717, 1.165) is 31.5 Å². The molecule has 1 aliphatic carbocycles. The first-order valence-corrected chi connectivity index (χ1v) is 6.48. The summed E-state index contributed by atoms with van der Waals surface area (Å²) in [6.45, 7) is 2.27. The Morgan fingerprint density at radius 1 is 1.44 bits per heavy atom. The van der Waals surface area contributed by atoms with E-state index in [1.54, 1.807) is 0 Å². The molecular formula is C14H18N2O2. The minimum atomic E-state index is -0.301. The third-order valence-corrected chi connectivity index (χ3v) is 3.91. The molecule has 1 amide bonds. The van der Waals surface area contributed by atoms with Crippen molar-refractivity contribution in [2.45, 2.75) is 25.0 Å². The number of nitrogens with one attached hydrogen (secondary N) is 2. The van der Waals surface area contributed by atoms with Crippen LogP contribution in [0.5, 0.6) is 0 Å². The van der Waals surface area contributed by atoms with Crippen molar-refractivity contribution in [3.8, 4) is 0 Å². The van der Waals surface area contributed by atoms with Crippen LogP contribution in [0.3, 0.4) is 0 Å². The third kappa shape index (κ3) is 2.34. The minimum absolute atomic E-state index is 0.0218. The van der Waals surface area contributed by atoms with E-state index in [9.17, 15) is 4.79 Å². The molecule has 3 rings (SSSR count). The number of amides is 1. The summed E-state index contributed by atoms with van der Waals surface area (Å²) in [5.41, 5.74) is 0.991. The quantitative estimate of drug-likeness (QED) is 0.853. The van der Waals surface area contributed by atoms with Gasteiger partial charge in [0.2, 0.25) is 0 Å². The maximum atomic E-state index is 11.8. The van der Waals surface area contributed by atoms with Gasteiger partial charge in [0.1, 0.15) is 6.61 Å². The molecule has 2 fully saturated rings. The molecule has 2 aliphatic rings. The molecule has 1 aliphatic heterocycles. The van der Waals surface area contributed by atoms with Crippen LogP contribution in [0.2, 0.25) is 0 Å². The molecular weight excluding hydrogens is 228 g/mol. The summed E-state index contributed by atoms with van der Waals surface area (Å²) in [6, 6.07) is 9.74. The number of hydrogen-bond donors (Lipinski definition) is 2. The number of rotatable bonds is 3. The van der Waals surface area contributed by atoms with Gasteiger partial charge in [0.25, 0.3) is 0 Å². The van der Waals surface area contributed by atoms with Crippen LogP contribution in [0.1, 0.15) is 18.4 Å². The molecule has 0 spiro atoms. The fourth-order valence-electron chi connectivity index (χ4n) is 2.72. The summed E-state index contributed by atoms with van der Waals surface area (Å²) in [5.74, 6) is 0.642. The highest BCUT2D eigenvalue weighted by Crippen LogP contribution is 2.47. The Labute approximate surface area is 107 Å². The molecule has 4 nitrogen and oxygen atoms in total. The van der Waals surface area contributed by atoms with E-state index < -0.39 is 0 Å². The highest BCUT2D eigenvalue weighted by Gasteiger charge is 2.56. The van der Waals surface area contributed by atoms with Crippen LogP contribution in [0.25, 0.3) is 0 Å². The van der Waals surface area contributed by atoms with Gasteiger partial charge in [0.05, 0.1) is 5.54 Å². The van der Waals surface area contributed by atoms with Crippen molar-refractivity contribution in [2.75, 3.05) is 13.1 Å². The molecule has 18 heavy (non-hydrogen) atoms. The Balaban J connectivity index is 1.48. The molecule has 0 radical (unpaired) electrons. The molecule has 2 N–H and O–H groups in total. The first kappa shape index (κ1) is 11.5. The van der Waals surface area contributed by atoms with Crippen LogP contribution in [0.15, 0.2) is 30.3 Å². The van der Waals surface area contributed by atoms with Crippen LogP contribution in [-0.2, 0) is 11.3 Å². The van der Waals surface area contributed by atoms with Crippen molar-refractivity contribution >= 4 is 6.09 Å². The first-order valence-electron chi connectivity index (χ1n) is 6.48. The maximum Gasteiger partial charge on any atom is 0.407 e. The third-order valence-electron chi connectivity index (χ3n) is 3.91. The molecule has 1 saturated carbocycles. The molecule has 1 aromatic rings. The zero-order chi connectivity index (χ0) is 12.4. The van der Waals surface area contributed by atoms with Gasteiger partial charge >= 0.3 is 6.09 Å². The smallest absolute Gasteiger partial charge is 0.407 e. The van der Waals surface area contributed by atoms with Crippen molar-refractivity contribution in [3.05, 3.63) is 35.9 Å². The van der Waals surface area contributed by atoms with Gasteiger partial charge in [-0.3, -0.25) is 0 Å². The molecule has 2 atom stereocenters. The van der Waals surface area contributed by atoms with Crippen LogP contribution in [0, 0.1) is 5.92 Å². The van der Waals surface area contributed by atoms with Crippen molar-refractivity contribution in [3.63, 3.8) is 0 Å². The topological polar surface area (TPSA) is 50.4 Å². The van der Waals surface area contributed by atoms with Crippen LogP contribution in [0.4, 0.5) is 4.79 Å². The number of alkyl carbamates (subject to hydrolysis) is 1. The van der Waals surface area contributed by atoms with Crippen molar-refractivity contribution in [1.29, 1.82) is 0 Å². The highest BCUT2D eigenvalue weighted by atomic mass is 16.5. The molecule has 1 aromatic carbocycles. The van der Waals surface area contributed by atoms with Gasteiger partial charge < -0.3 is 15.4 Å². The fourth-order valence-corrected chi connectivity index (χ4v) is 2.72. The van der Waals surface area contributed by atoms with E-state index in [4.69, 9.17) is 4.74 Å². The van der Waals surface area contributed by atoms with Crippen molar-refractivity contribution in [2.24, 2.45) is 5.92 Å². The number of ether oxygens (including phenoxy) is 1. The van der Waals surface area contributed by atoms with Crippen molar-refractivity contribution < 1.29 is 9.53 Å². The van der Waals surface area contributed by atoms with Gasteiger partial charge in [0.15, 0.2) is 0 Å². The zero-order valence-corrected chi connectivity index (χ0v) is 10.3. The second-order valence-corrected chi connectivity index (χ2v) is 5.21. The number of carbonyl (C=O) groups is 1. The van der Waals surface area contributed by atoms with E-state index in [0.29, 0.717) is 12.5 Å². The average Bonchev–Trinajstić information content (AvgIpc) is 3.11. The highest BCUT2D eigenvalue weighted by molar-refractivity contribution is 5.69. The molecule has 0 bridgehead atoms. The lowest BCUT2D eigenvalue weighted by Crippen LogP contribution is -2.48. The summed E-state index contributed by atoms with van der Waals surface area (Å²) in [4.78, 5) is 11.8. The summed E-state index contributed by atoms with van der Waals surface area (Å²) < 4.78 is 5.24. The number of piperidine rings is 1. The largest absolute Gasteiger partial charge is 0.445 e. The monoisotopic (exact) mass is 246 g/mol. The van der Waals surface area contributed by atoms with Crippen LogP contribution >= 0.6 is 0 Å². The Morgan fingerprint density at radius 3 is 3.06 bits per heavy atom. The summed E-state index contributed by atoms with van der Waals surface area (Å²) in [7, 11) is 0. The fraction of sp³-hybridized carbons (Fsp3) is 0.500. The normalized spacial score (nSPS) is 29.2. The summed E-state index contributed by atoms with van der Waals surface area (Å²) in [5, 5.41) is 6.34. The van der Waals surface area contributed by atoms with Gasteiger partial charge in [-0.2, -0.15) is 0 Å². The number of carbonyl (C=O) groups excluding carboxylic acids is 1. The molecule has 4 heteroatoms. The van der Waals surface area contributed by atoms with E-state index in [1.807, 2.05) is 30.3 Å². The van der Waals surface area contributed by atoms with Gasteiger partial charge in [-0.25, -0.2) is 4.79 Å². The molecule has 0 unspecified atom stereocenters. The molecule has 1 saturated heterocycles. The van der Waals surface area contributed by atoms with Gasteiger partial charge in [-0.1, -0.05) is 30.3 Å². The van der Waals surface area contributed by atoms with E-state index in [1.165, 1.54) is 0 Å². The van der Waals surface area contributed by atoms with Crippen molar-refractivity contribution in [1.82, 2.24) is 10.6 Å². The first-order chi connectivity index (χ1) is 8.78. The zero-order valence-electron chi connectivity index (χ0n) is 10.3. The summed E-state index contributed by atoms with van der Waals surface area (Å²) >= 11 is 0. The lowest BCUT2D eigenvalue weighted by molar-refractivity contribution is 0.132. The molecule has 0 aromatic heterocycles. The lowest BCUT2D eigenvalue weighted by atomic mass is 10.1. The van der Waals surface area contributed by atoms with Crippen LogP contribution in [-0.4, -0.2) is 24.7 Å². The predicted octanol–water partition coefficient (Wildman–Crippen LogP) is 1.66. The Bertz CT molecular complexity index is 435. The molecule has 1 heterocycles. The minimum Gasteiger partial charge on any atom is -0.445 e. The Hall–Kier alpha value is -1.55. The lowest BCUT2D eigenvalue weighted by Gasteiger charge is -2.23. The van der Waals surface area contributed by atoms with E-state index in [-0.39, 0.29) is 11.6 Å². The standard InChI is InChI=1S/C14H18N2O2/c17-13(18-9-11-4-2-1-3-5-11)16-14-8-12(14)6-7-15-10-14/h1-5,12,15H,6-10H2,(H,16,17)/t12-,14+/m1/s1. The predicted molar refractivity (Wildman–Crippen MR) is 68.1 cm³/mol. The Kier molecular flexibility index (Phi) is 2.96. The summed E-state index contributed by atoms with van der Waals surface area (Å²) in [6.07, 6.45) is 1.93. The second kappa shape index (κ2) is 4.61. The van der Waals surface area contributed by atoms with Gasteiger partial charge in [-0.05, 0) is 30.9 Å². The average molecular weight is 246 g/mol. The Morgan fingerprint density at radius 2 is 2.28 bits per heavy atom. The SMILES string of the molecule is O=C(N[C@@]12CNCC[C@@H]1C2)OCc1ccccc1.